The van der Waals surface area contributed by atoms with Gasteiger partial charge in [-0.1, -0.05) is 30.3 Å². The van der Waals surface area contributed by atoms with Gasteiger partial charge in [-0.15, -0.1) is 0 Å². The third-order valence-corrected chi connectivity index (χ3v) is 2.77. The molecule has 0 spiro atoms. The van der Waals surface area contributed by atoms with Gasteiger partial charge >= 0.3 is 0 Å². The molecule has 0 aromatic heterocycles. The quantitative estimate of drug-likeness (QED) is 0.628. The minimum Gasteiger partial charge on any atom is -0.235 e. The predicted molar refractivity (Wildman–Crippen MR) is 59.8 cm³/mol. The van der Waals surface area contributed by atoms with Crippen LogP contribution in [0.1, 0.15) is 31.2 Å². The molecule has 14 heavy (non-hydrogen) atoms. The second-order valence-electron chi connectivity index (χ2n) is 3.99. The molecule has 74 valence electrons. The maximum atomic E-state index is 2.46. The zero-order valence-electron chi connectivity index (χ0n) is 8.65. The van der Waals surface area contributed by atoms with Gasteiger partial charge in [-0.3, -0.25) is 0 Å². The number of rotatable bonds is 2. The molecule has 1 aliphatic heterocycles. The average molecular weight is 188 g/mol. The second kappa shape index (κ2) is 4.94. The summed E-state index contributed by atoms with van der Waals surface area (Å²) >= 11 is 0. The second-order valence-corrected chi connectivity index (χ2v) is 3.99. The van der Waals surface area contributed by atoms with Gasteiger partial charge in [0.1, 0.15) is 12.8 Å². The van der Waals surface area contributed by atoms with Crippen molar-refractivity contribution in [2.45, 2.75) is 32.2 Å². The minimum atomic E-state index is 1.08. The zero-order valence-corrected chi connectivity index (χ0v) is 8.65. The van der Waals surface area contributed by atoms with Crippen LogP contribution in [0.2, 0.25) is 0 Å². The third kappa shape index (κ3) is 2.69. The van der Waals surface area contributed by atoms with Crippen LogP contribution in [0.3, 0.4) is 0 Å². The van der Waals surface area contributed by atoms with Gasteiger partial charge in [0.2, 0.25) is 0 Å². The molecule has 2 rings (SSSR count). The van der Waals surface area contributed by atoms with Crippen molar-refractivity contribution in [2.75, 3.05) is 6.54 Å². The summed E-state index contributed by atoms with van der Waals surface area (Å²) in [5.74, 6) is 0. The summed E-state index contributed by atoms with van der Waals surface area (Å²) in [4.78, 5) is 0. The van der Waals surface area contributed by atoms with Gasteiger partial charge in [0.05, 0.1) is 0 Å². The standard InChI is InChI=1S/C13H18N/c1-2-7-11-14(10-6-1)12-13-8-4-3-5-9-13/h3-5,8-10H,1-2,6-7,11-12H2/q+1. The summed E-state index contributed by atoms with van der Waals surface area (Å²) in [6.45, 7) is 2.32. The number of hydrogen-bond acceptors (Lipinski definition) is 0. The van der Waals surface area contributed by atoms with E-state index in [4.69, 9.17) is 0 Å². The molecule has 1 aliphatic rings. The van der Waals surface area contributed by atoms with E-state index in [0.29, 0.717) is 0 Å². The van der Waals surface area contributed by atoms with E-state index >= 15 is 0 Å². The van der Waals surface area contributed by atoms with Crippen molar-refractivity contribution in [1.82, 2.24) is 0 Å². The fraction of sp³-hybridized carbons (Fsp3) is 0.462. The Kier molecular flexibility index (Phi) is 3.33. The van der Waals surface area contributed by atoms with E-state index in [1.165, 1.54) is 37.8 Å². The maximum absolute atomic E-state index is 2.46. The fourth-order valence-corrected chi connectivity index (χ4v) is 1.96. The summed E-state index contributed by atoms with van der Waals surface area (Å²) in [6, 6.07) is 10.7. The Morgan fingerprint density at radius 2 is 1.86 bits per heavy atom. The Labute approximate surface area is 86.1 Å². The highest BCUT2D eigenvalue weighted by Crippen LogP contribution is 2.06. The number of nitrogens with zero attached hydrogens (tertiary/aromatic N) is 1. The Morgan fingerprint density at radius 1 is 1.00 bits per heavy atom. The van der Waals surface area contributed by atoms with Crippen molar-refractivity contribution >= 4 is 6.21 Å². The van der Waals surface area contributed by atoms with Gasteiger partial charge in [0.25, 0.3) is 0 Å². The van der Waals surface area contributed by atoms with E-state index in [0.717, 1.165) is 6.54 Å². The molecule has 1 aromatic rings. The van der Waals surface area contributed by atoms with Gasteiger partial charge in [-0.05, 0) is 12.8 Å². The smallest absolute Gasteiger partial charge is 0.167 e. The molecular formula is C13H18N+. The Morgan fingerprint density at radius 3 is 2.71 bits per heavy atom. The van der Waals surface area contributed by atoms with Gasteiger partial charge in [-0.2, -0.15) is 0 Å². The lowest BCUT2D eigenvalue weighted by molar-refractivity contribution is -0.540. The first kappa shape index (κ1) is 9.45. The first-order chi connectivity index (χ1) is 6.95. The van der Waals surface area contributed by atoms with Crippen molar-refractivity contribution in [3.8, 4) is 0 Å². The summed E-state index contributed by atoms with van der Waals surface area (Å²) in [6.07, 6.45) is 7.74. The lowest BCUT2D eigenvalue weighted by Crippen LogP contribution is -2.12. The lowest BCUT2D eigenvalue weighted by atomic mass is 10.2. The molecule has 0 fully saturated rings. The zero-order chi connectivity index (χ0) is 9.64. The average Bonchev–Trinajstić information content (AvgIpc) is 2.48. The molecule has 0 radical (unpaired) electrons. The molecule has 1 heteroatoms. The highest BCUT2D eigenvalue weighted by Gasteiger charge is 2.08. The Balaban J connectivity index is 1.99. The summed E-state index contributed by atoms with van der Waals surface area (Å²) < 4.78 is 2.46. The predicted octanol–water partition coefficient (Wildman–Crippen LogP) is 2.84. The maximum Gasteiger partial charge on any atom is 0.167 e. The van der Waals surface area contributed by atoms with E-state index in [-0.39, 0.29) is 0 Å². The number of hydrogen-bond donors (Lipinski definition) is 0. The van der Waals surface area contributed by atoms with Crippen molar-refractivity contribution in [3.05, 3.63) is 35.9 Å². The molecule has 0 bridgehead atoms. The van der Waals surface area contributed by atoms with Crippen LogP contribution in [0.25, 0.3) is 0 Å². The topological polar surface area (TPSA) is 3.01 Å². The van der Waals surface area contributed by atoms with Crippen LogP contribution in [0.4, 0.5) is 0 Å². The van der Waals surface area contributed by atoms with Crippen LogP contribution in [0.15, 0.2) is 30.3 Å². The minimum absolute atomic E-state index is 1.08. The molecule has 0 saturated heterocycles. The van der Waals surface area contributed by atoms with Crippen LogP contribution in [-0.4, -0.2) is 17.3 Å². The SMILES string of the molecule is C1=[N+](Cc2ccccc2)CCCCC1. The number of benzene rings is 1. The monoisotopic (exact) mass is 188 g/mol. The summed E-state index contributed by atoms with van der Waals surface area (Å²) in [5.41, 5.74) is 1.42. The van der Waals surface area contributed by atoms with Crippen LogP contribution < -0.4 is 0 Å². The molecule has 1 heterocycles. The van der Waals surface area contributed by atoms with Gasteiger partial charge in [0.15, 0.2) is 6.54 Å². The molecule has 0 atom stereocenters. The molecule has 1 nitrogen and oxygen atoms in total. The molecule has 0 N–H and O–H groups in total. The highest BCUT2D eigenvalue weighted by atomic mass is 15.0. The molecule has 0 saturated carbocycles. The Hall–Kier alpha value is -1.11. The van der Waals surface area contributed by atoms with E-state index in [1.54, 1.807) is 0 Å². The molecule has 0 aliphatic carbocycles. The first-order valence-electron chi connectivity index (χ1n) is 5.56. The summed E-state index contributed by atoms with van der Waals surface area (Å²) in [7, 11) is 0. The van der Waals surface area contributed by atoms with Crippen LogP contribution in [0, 0.1) is 0 Å². The van der Waals surface area contributed by atoms with Crippen molar-refractivity contribution in [1.29, 1.82) is 0 Å². The molecule has 1 aromatic carbocycles. The molecule has 0 unspecified atom stereocenters. The van der Waals surface area contributed by atoms with Crippen molar-refractivity contribution in [3.63, 3.8) is 0 Å². The van der Waals surface area contributed by atoms with E-state index in [1.807, 2.05) is 0 Å². The van der Waals surface area contributed by atoms with Crippen LogP contribution in [-0.2, 0) is 6.54 Å². The summed E-state index contributed by atoms with van der Waals surface area (Å²) in [5, 5.41) is 0. The molecule has 0 amide bonds. The normalized spacial score (nSPS) is 17.3. The van der Waals surface area contributed by atoms with Crippen molar-refractivity contribution in [2.24, 2.45) is 0 Å². The van der Waals surface area contributed by atoms with Crippen LogP contribution in [0.5, 0.6) is 0 Å². The highest BCUT2D eigenvalue weighted by molar-refractivity contribution is 5.51. The van der Waals surface area contributed by atoms with E-state index in [9.17, 15) is 0 Å². The Bertz CT molecular complexity index is 300. The third-order valence-electron chi connectivity index (χ3n) is 2.77. The largest absolute Gasteiger partial charge is 0.235 e. The fourth-order valence-electron chi connectivity index (χ4n) is 1.96. The van der Waals surface area contributed by atoms with Gasteiger partial charge in [0, 0.05) is 18.4 Å². The van der Waals surface area contributed by atoms with Crippen molar-refractivity contribution < 1.29 is 4.58 Å². The van der Waals surface area contributed by atoms with Crippen LogP contribution >= 0.6 is 0 Å². The first-order valence-corrected chi connectivity index (χ1v) is 5.56. The van der Waals surface area contributed by atoms with E-state index < -0.39 is 0 Å². The van der Waals surface area contributed by atoms with Gasteiger partial charge < -0.3 is 0 Å². The lowest BCUT2D eigenvalue weighted by Gasteiger charge is -2.01. The van der Waals surface area contributed by atoms with Gasteiger partial charge in [-0.25, -0.2) is 4.58 Å². The van der Waals surface area contributed by atoms with E-state index in [2.05, 4.69) is 41.1 Å². The molecular weight excluding hydrogens is 170 g/mol.